The number of hydrogen-bond acceptors (Lipinski definition) is 5. The van der Waals surface area contributed by atoms with Gasteiger partial charge in [0, 0.05) is 13.1 Å². The molecule has 1 aromatic rings. The fraction of sp³-hybridized carbons (Fsp3) is 0.417. The summed E-state index contributed by atoms with van der Waals surface area (Å²) in [6.07, 6.45) is 1.27. The molecule has 1 heterocycles. The Hall–Kier alpha value is -2.31. The fourth-order valence-electron chi connectivity index (χ4n) is 1.51. The maximum Gasteiger partial charge on any atom is 0.337 e. The first-order chi connectivity index (χ1) is 8.81. The molecule has 0 bridgehead atoms. The quantitative estimate of drug-likeness (QED) is 0.708. The van der Waals surface area contributed by atoms with Gasteiger partial charge in [-0.1, -0.05) is 0 Å². The number of aromatic carboxylic acids is 1. The van der Waals surface area contributed by atoms with Crippen LogP contribution in [0.3, 0.4) is 0 Å². The molecule has 0 saturated carbocycles. The number of likely N-dealkylation sites (N-methyl/N-ethyl adjacent to an activating group) is 1. The maximum absolute atomic E-state index is 11.6. The Bertz CT molecular complexity index is 488. The molecule has 1 amide bonds. The molecule has 1 rings (SSSR count). The summed E-state index contributed by atoms with van der Waals surface area (Å²) in [6.45, 7) is 3.82. The number of anilines is 2. The summed E-state index contributed by atoms with van der Waals surface area (Å²) in [5, 5.41) is 11.7. The van der Waals surface area contributed by atoms with Crippen molar-refractivity contribution in [2.24, 2.45) is 0 Å². The Morgan fingerprint density at radius 3 is 2.68 bits per heavy atom. The van der Waals surface area contributed by atoms with E-state index >= 15 is 0 Å². The lowest BCUT2D eigenvalue weighted by Gasteiger charge is -2.19. The van der Waals surface area contributed by atoms with Gasteiger partial charge in [-0.15, -0.1) is 0 Å². The zero-order valence-electron chi connectivity index (χ0n) is 11.2. The third-order valence-electron chi connectivity index (χ3n) is 2.37. The molecule has 0 atom stereocenters. The molecule has 0 aromatic carbocycles. The van der Waals surface area contributed by atoms with Crippen LogP contribution in [0.1, 0.15) is 24.2 Å². The van der Waals surface area contributed by atoms with Crippen LogP contribution in [0.4, 0.5) is 11.5 Å². The van der Waals surface area contributed by atoms with Gasteiger partial charge in [0.2, 0.25) is 5.91 Å². The second-order valence-electron chi connectivity index (χ2n) is 4.51. The van der Waals surface area contributed by atoms with E-state index in [1.54, 1.807) is 11.9 Å². The minimum Gasteiger partial charge on any atom is -0.478 e. The minimum absolute atomic E-state index is 0.0267. The fourth-order valence-corrected chi connectivity index (χ4v) is 1.51. The Morgan fingerprint density at radius 2 is 2.16 bits per heavy atom. The van der Waals surface area contributed by atoms with Crippen LogP contribution in [0.2, 0.25) is 0 Å². The van der Waals surface area contributed by atoms with E-state index in [1.807, 2.05) is 13.8 Å². The monoisotopic (exact) mass is 266 g/mol. The molecule has 0 fully saturated rings. The number of amides is 1. The number of carbonyl (C=O) groups excluding carboxylic acids is 1. The zero-order valence-corrected chi connectivity index (χ0v) is 11.2. The van der Waals surface area contributed by atoms with Crippen LogP contribution in [0, 0.1) is 0 Å². The predicted octanol–water partition coefficient (Wildman–Crippen LogP) is 0.323. The van der Waals surface area contributed by atoms with E-state index in [0.717, 1.165) is 0 Å². The number of carboxylic acid groups (broad SMARTS) is 1. The molecule has 0 aliphatic carbocycles. The third-order valence-corrected chi connectivity index (χ3v) is 2.37. The Balaban J connectivity index is 2.83. The van der Waals surface area contributed by atoms with Crippen molar-refractivity contribution < 1.29 is 14.7 Å². The van der Waals surface area contributed by atoms with E-state index in [9.17, 15) is 9.59 Å². The first-order valence-electron chi connectivity index (χ1n) is 5.80. The summed E-state index contributed by atoms with van der Waals surface area (Å²) in [5.41, 5.74) is 5.58. The molecule has 19 heavy (non-hydrogen) atoms. The number of carbonyl (C=O) groups is 2. The topological polar surface area (TPSA) is 109 Å². The zero-order chi connectivity index (χ0) is 14.6. The van der Waals surface area contributed by atoms with Crippen LogP contribution >= 0.6 is 0 Å². The van der Waals surface area contributed by atoms with Crippen LogP contribution in [-0.2, 0) is 4.79 Å². The van der Waals surface area contributed by atoms with Crippen LogP contribution in [0.5, 0.6) is 0 Å². The number of nitrogen functional groups attached to an aromatic ring is 1. The van der Waals surface area contributed by atoms with Crippen molar-refractivity contribution in [3.63, 3.8) is 0 Å². The van der Waals surface area contributed by atoms with Gasteiger partial charge in [-0.3, -0.25) is 4.79 Å². The van der Waals surface area contributed by atoms with E-state index < -0.39 is 5.97 Å². The Kier molecular flexibility index (Phi) is 4.68. The highest BCUT2D eigenvalue weighted by Crippen LogP contribution is 2.17. The molecule has 0 aliphatic heterocycles. The van der Waals surface area contributed by atoms with Crippen molar-refractivity contribution in [1.29, 1.82) is 0 Å². The number of carboxylic acids is 1. The average molecular weight is 266 g/mol. The largest absolute Gasteiger partial charge is 0.478 e. The van der Waals surface area contributed by atoms with Gasteiger partial charge in [-0.05, 0) is 19.9 Å². The summed E-state index contributed by atoms with van der Waals surface area (Å²) in [6, 6.07) is 1.40. The summed E-state index contributed by atoms with van der Waals surface area (Å²) in [7, 11) is 1.66. The molecule has 1 aromatic heterocycles. The standard InChI is InChI=1S/C12H18N4O3/c1-7(2)15-11(17)6-16(3)10-4-8(12(18)19)9(13)5-14-10/h4-5,7H,6,13H2,1-3H3,(H,15,17)(H,18,19). The van der Waals surface area contributed by atoms with Crippen LogP contribution in [0.15, 0.2) is 12.3 Å². The highest BCUT2D eigenvalue weighted by atomic mass is 16.4. The van der Waals surface area contributed by atoms with E-state index in [1.165, 1.54) is 12.3 Å². The molecule has 0 unspecified atom stereocenters. The van der Waals surface area contributed by atoms with Gasteiger partial charge in [-0.2, -0.15) is 0 Å². The number of pyridine rings is 1. The van der Waals surface area contributed by atoms with Gasteiger partial charge < -0.3 is 21.1 Å². The number of rotatable bonds is 5. The molecule has 7 heteroatoms. The Morgan fingerprint density at radius 1 is 1.53 bits per heavy atom. The summed E-state index contributed by atoms with van der Waals surface area (Å²) < 4.78 is 0. The highest BCUT2D eigenvalue weighted by molar-refractivity contribution is 5.94. The van der Waals surface area contributed by atoms with Crippen molar-refractivity contribution in [3.05, 3.63) is 17.8 Å². The van der Waals surface area contributed by atoms with Gasteiger partial charge >= 0.3 is 5.97 Å². The molecule has 104 valence electrons. The predicted molar refractivity (Wildman–Crippen MR) is 72.2 cm³/mol. The lowest BCUT2D eigenvalue weighted by Crippen LogP contribution is -2.38. The molecular formula is C12H18N4O3. The van der Waals surface area contributed by atoms with Crippen LogP contribution in [-0.4, -0.2) is 41.6 Å². The summed E-state index contributed by atoms with van der Waals surface area (Å²) in [5.74, 6) is -0.903. The number of nitrogens with one attached hydrogen (secondary N) is 1. The van der Waals surface area contributed by atoms with Crippen molar-refractivity contribution >= 4 is 23.4 Å². The Labute approximate surface area is 111 Å². The summed E-state index contributed by atoms with van der Waals surface area (Å²) in [4.78, 5) is 28.1. The van der Waals surface area contributed by atoms with Gasteiger partial charge in [0.1, 0.15) is 5.82 Å². The van der Waals surface area contributed by atoms with E-state index in [2.05, 4.69) is 10.3 Å². The van der Waals surface area contributed by atoms with Crippen molar-refractivity contribution in [3.8, 4) is 0 Å². The van der Waals surface area contributed by atoms with Crippen LogP contribution in [0.25, 0.3) is 0 Å². The van der Waals surface area contributed by atoms with Crippen molar-refractivity contribution in [1.82, 2.24) is 10.3 Å². The van der Waals surface area contributed by atoms with E-state index in [4.69, 9.17) is 10.8 Å². The van der Waals surface area contributed by atoms with Crippen LogP contribution < -0.4 is 16.0 Å². The van der Waals surface area contributed by atoms with Crippen molar-refractivity contribution in [2.45, 2.75) is 19.9 Å². The number of hydrogen-bond donors (Lipinski definition) is 3. The molecule has 7 nitrogen and oxygen atoms in total. The van der Waals surface area contributed by atoms with E-state index in [0.29, 0.717) is 5.82 Å². The third kappa shape index (κ3) is 4.13. The maximum atomic E-state index is 11.6. The first-order valence-corrected chi connectivity index (χ1v) is 5.80. The second kappa shape index (κ2) is 6.03. The second-order valence-corrected chi connectivity index (χ2v) is 4.51. The molecule has 0 aliphatic rings. The normalized spacial score (nSPS) is 10.3. The molecule has 4 N–H and O–H groups in total. The lowest BCUT2D eigenvalue weighted by molar-refractivity contribution is -0.120. The minimum atomic E-state index is -1.12. The number of nitrogens with two attached hydrogens (primary N) is 1. The summed E-state index contributed by atoms with van der Waals surface area (Å²) >= 11 is 0. The van der Waals surface area contributed by atoms with Crippen molar-refractivity contribution in [2.75, 3.05) is 24.2 Å². The van der Waals surface area contributed by atoms with Gasteiger partial charge in [-0.25, -0.2) is 9.78 Å². The van der Waals surface area contributed by atoms with Gasteiger partial charge in [0.05, 0.1) is 24.0 Å². The molecule has 0 saturated heterocycles. The smallest absolute Gasteiger partial charge is 0.337 e. The molecule has 0 spiro atoms. The highest BCUT2D eigenvalue weighted by Gasteiger charge is 2.14. The average Bonchev–Trinajstić information content (AvgIpc) is 2.27. The van der Waals surface area contributed by atoms with Gasteiger partial charge in [0.25, 0.3) is 0 Å². The molecular weight excluding hydrogens is 248 g/mol. The molecule has 0 radical (unpaired) electrons. The van der Waals surface area contributed by atoms with E-state index in [-0.39, 0.29) is 29.7 Å². The number of nitrogens with zero attached hydrogens (tertiary/aromatic N) is 2. The number of aromatic nitrogens is 1. The SMILES string of the molecule is CC(C)NC(=O)CN(C)c1cc(C(=O)O)c(N)cn1. The van der Waals surface area contributed by atoms with Gasteiger partial charge in [0.15, 0.2) is 0 Å². The lowest BCUT2D eigenvalue weighted by atomic mass is 10.2. The first kappa shape index (κ1) is 14.7.